The molecule has 1 atom stereocenters. The Morgan fingerprint density at radius 2 is 2.06 bits per heavy atom. The minimum absolute atomic E-state index is 0.0256. The lowest BCUT2D eigenvalue weighted by Crippen LogP contribution is -2.33. The predicted octanol–water partition coefficient (Wildman–Crippen LogP) is 2.01. The second-order valence-electron chi connectivity index (χ2n) is 3.60. The van der Waals surface area contributed by atoms with Crippen molar-refractivity contribution in [3.05, 3.63) is 35.9 Å². The van der Waals surface area contributed by atoms with Crippen LogP contribution >= 0.6 is 11.6 Å². The summed E-state index contributed by atoms with van der Waals surface area (Å²) in [5.41, 5.74) is 0.672. The van der Waals surface area contributed by atoms with Gasteiger partial charge in [0.1, 0.15) is 0 Å². The Labute approximate surface area is 101 Å². The Hall–Kier alpha value is -1.06. The Morgan fingerprint density at radius 1 is 1.44 bits per heavy atom. The molecule has 1 rings (SSSR count). The van der Waals surface area contributed by atoms with E-state index in [2.05, 4.69) is 0 Å². The van der Waals surface area contributed by atoms with Crippen LogP contribution in [0, 0.1) is 0 Å². The average Bonchev–Trinajstić information content (AvgIpc) is 2.29. The van der Waals surface area contributed by atoms with Gasteiger partial charge in [-0.25, -0.2) is 0 Å². The van der Waals surface area contributed by atoms with E-state index in [0.717, 1.165) is 0 Å². The summed E-state index contributed by atoms with van der Waals surface area (Å²) in [6.07, 6.45) is 0. The van der Waals surface area contributed by atoms with Crippen molar-refractivity contribution in [1.29, 1.82) is 0 Å². The molecule has 0 aliphatic rings. The number of alkyl halides is 1. The Morgan fingerprint density at radius 3 is 2.62 bits per heavy atom. The van der Waals surface area contributed by atoms with Gasteiger partial charge in [0, 0.05) is 26.3 Å². The van der Waals surface area contributed by atoms with Gasteiger partial charge < -0.3 is 9.64 Å². The number of nitrogens with zero attached hydrogens (tertiary/aromatic N) is 1. The van der Waals surface area contributed by atoms with Crippen LogP contribution in [0.2, 0.25) is 0 Å². The summed E-state index contributed by atoms with van der Waals surface area (Å²) in [6.45, 7) is 0.914. The molecule has 0 aliphatic heterocycles. The van der Waals surface area contributed by atoms with Crippen molar-refractivity contribution < 1.29 is 9.53 Å². The van der Waals surface area contributed by atoms with E-state index in [-0.39, 0.29) is 11.3 Å². The summed E-state index contributed by atoms with van der Waals surface area (Å²) in [7, 11) is 3.33. The molecular weight excluding hydrogens is 226 g/mol. The smallest absolute Gasteiger partial charge is 0.253 e. The molecule has 0 N–H and O–H groups in total. The Balaban J connectivity index is 2.55. The van der Waals surface area contributed by atoms with Crippen LogP contribution in [0.25, 0.3) is 0 Å². The molecule has 1 aromatic rings. The van der Waals surface area contributed by atoms with Gasteiger partial charge >= 0.3 is 0 Å². The number of amides is 1. The van der Waals surface area contributed by atoms with Crippen LogP contribution < -0.4 is 0 Å². The van der Waals surface area contributed by atoms with Crippen molar-refractivity contribution in [2.45, 2.75) is 5.38 Å². The lowest BCUT2D eigenvalue weighted by molar-refractivity contribution is 0.0781. The summed E-state index contributed by atoms with van der Waals surface area (Å²) in [5.74, 6) is -0.0256. The molecule has 0 aliphatic carbocycles. The summed E-state index contributed by atoms with van der Waals surface area (Å²) in [5, 5.41) is -0.178. The van der Waals surface area contributed by atoms with Crippen LogP contribution in [0.1, 0.15) is 10.4 Å². The van der Waals surface area contributed by atoms with Crippen LogP contribution in [0.4, 0.5) is 0 Å². The van der Waals surface area contributed by atoms with Crippen molar-refractivity contribution in [3.63, 3.8) is 0 Å². The highest BCUT2D eigenvalue weighted by molar-refractivity contribution is 6.21. The van der Waals surface area contributed by atoms with E-state index in [1.807, 2.05) is 18.2 Å². The molecule has 3 nitrogen and oxygen atoms in total. The molecule has 0 saturated carbocycles. The molecule has 1 aromatic carbocycles. The Bertz CT molecular complexity index is 329. The van der Waals surface area contributed by atoms with E-state index in [9.17, 15) is 4.79 Å². The van der Waals surface area contributed by atoms with Gasteiger partial charge in [-0.05, 0) is 12.1 Å². The van der Waals surface area contributed by atoms with Gasteiger partial charge in [0.25, 0.3) is 5.91 Å². The first-order valence-corrected chi connectivity index (χ1v) is 5.52. The largest absolute Gasteiger partial charge is 0.383 e. The fourth-order valence-corrected chi connectivity index (χ4v) is 1.75. The van der Waals surface area contributed by atoms with E-state index in [4.69, 9.17) is 16.3 Å². The molecule has 0 radical (unpaired) electrons. The van der Waals surface area contributed by atoms with Crippen LogP contribution in [0.5, 0.6) is 0 Å². The van der Waals surface area contributed by atoms with Crippen LogP contribution in [-0.2, 0) is 4.74 Å². The molecule has 0 fully saturated rings. The van der Waals surface area contributed by atoms with Crippen LogP contribution in [0.15, 0.2) is 30.3 Å². The third kappa shape index (κ3) is 3.83. The molecule has 0 bridgehead atoms. The maximum atomic E-state index is 11.9. The second kappa shape index (κ2) is 6.51. The second-order valence-corrected chi connectivity index (χ2v) is 4.22. The van der Waals surface area contributed by atoms with Gasteiger partial charge in [-0.15, -0.1) is 11.6 Å². The predicted molar refractivity (Wildman–Crippen MR) is 64.9 cm³/mol. The van der Waals surface area contributed by atoms with E-state index >= 15 is 0 Å². The highest BCUT2D eigenvalue weighted by Gasteiger charge is 2.14. The molecule has 1 unspecified atom stereocenters. The van der Waals surface area contributed by atoms with Crippen LogP contribution in [-0.4, -0.2) is 43.5 Å². The number of methoxy groups -OCH3 is 1. The van der Waals surface area contributed by atoms with Gasteiger partial charge in [0.05, 0.1) is 12.0 Å². The number of ether oxygens (including phenoxy) is 1. The van der Waals surface area contributed by atoms with Crippen LogP contribution in [0.3, 0.4) is 0 Å². The number of hydrogen-bond acceptors (Lipinski definition) is 2. The first-order valence-electron chi connectivity index (χ1n) is 5.08. The number of carbonyl (C=O) groups excluding carboxylic acids is 1. The molecule has 0 spiro atoms. The van der Waals surface area contributed by atoms with Crippen molar-refractivity contribution in [2.75, 3.05) is 27.3 Å². The molecule has 16 heavy (non-hydrogen) atoms. The molecule has 0 aromatic heterocycles. The topological polar surface area (TPSA) is 29.5 Å². The summed E-state index contributed by atoms with van der Waals surface area (Å²) in [6, 6.07) is 9.14. The van der Waals surface area contributed by atoms with Crippen molar-refractivity contribution in [2.24, 2.45) is 0 Å². The van der Waals surface area contributed by atoms with Gasteiger partial charge in [-0.3, -0.25) is 4.79 Å². The molecule has 4 heteroatoms. The molecule has 88 valence electrons. The number of hydrogen-bond donors (Lipinski definition) is 0. The minimum Gasteiger partial charge on any atom is -0.383 e. The molecule has 1 amide bonds. The first-order chi connectivity index (χ1) is 7.65. The zero-order valence-corrected chi connectivity index (χ0v) is 10.3. The third-order valence-electron chi connectivity index (χ3n) is 2.19. The number of carbonyl (C=O) groups is 1. The lowest BCUT2D eigenvalue weighted by Gasteiger charge is -2.20. The highest BCUT2D eigenvalue weighted by Crippen LogP contribution is 2.06. The maximum absolute atomic E-state index is 11.9. The average molecular weight is 242 g/mol. The monoisotopic (exact) mass is 241 g/mol. The van der Waals surface area contributed by atoms with Gasteiger partial charge in [0.2, 0.25) is 0 Å². The summed E-state index contributed by atoms with van der Waals surface area (Å²) < 4.78 is 4.92. The fraction of sp³-hybridized carbons (Fsp3) is 0.417. The van der Waals surface area contributed by atoms with Gasteiger partial charge in [-0.2, -0.15) is 0 Å². The normalized spacial score (nSPS) is 12.2. The zero-order chi connectivity index (χ0) is 12.0. The van der Waals surface area contributed by atoms with E-state index in [1.54, 1.807) is 31.2 Å². The maximum Gasteiger partial charge on any atom is 0.253 e. The van der Waals surface area contributed by atoms with E-state index in [1.165, 1.54) is 0 Å². The summed E-state index contributed by atoms with van der Waals surface area (Å²) in [4.78, 5) is 13.5. The number of benzene rings is 1. The zero-order valence-electron chi connectivity index (χ0n) is 9.52. The third-order valence-corrected chi connectivity index (χ3v) is 2.45. The standard InChI is InChI=1S/C12H16ClNO2/c1-14(8-11(13)9-16-2)12(15)10-6-4-3-5-7-10/h3-7,11H,8-9H2,1-2H3. The fourth-order valence-electron chi connectivity index (χ4n) is 1.41. The van der Waals surface area contributed by atoms with E-state index < -0.39 is 0 Å². The van der Waals surface area contributed by atoms with Crippen molar-refractivity contribution >= 4 is 17.5 Å². The SMILES string of the molecule is COCC(Cl)CN(C)C(=O)c1ccccc1. The quantitative estimate of drug-likeness (QED) is 0.738. The molecule has 0 saturated heterocycles. The molecular formula is C12H16ClNO2. The Kier molecular flexibility index (Phi) is 5.29. The van der Waals surface area contributed by atoms with Gasteiger partial charge in [0.15, 0.2) is 0 Å². The number of halogens is 1. The van der Waals surface area contributed by atoms with Gasteiger partial charge in [-0.1, -0.05) is 18.2 Å². The van der Waals surface area contributed by atoms with Crippen molar-refractivity contribution in [3.8, 4) is 0 Å². The number of rotatable bonds is 5. The minimum atomic E-state index is -0.178. The first kappa shape index (κ1) is 13.0. The molecule has 0 heterocycles. The van der Waals surface area contributed by atoms with Crippen molar-refractivity contribution in [1.82, 2.24) is 4.90 Å². The summed E-state index contributed by atoms with van der Waals surface area (Å²) >= 11 is 5.99. The van der Waals surface area contributed by atoms with E-state index in [0.29, 0.717) is 18.7 Å². The highest BCUT2D eigenvalue weighted by atomic mass is 35.5. The lowest BCUT2D eigenvalue weighted by atomic mass is 10.2.